The third kappa shape index (κ3) is 21.9. The Hall–Kier alpha value is -4.44. The van der Waals surface area contributed by atoms with Crippen molar-refractivity contribution in [3.05, 3.63) is 0 Å². The summed E-state index contributed by atoms with van der Waals surface area (Å²) in [5, 5.41) is 73.2. The number of nitrogens with one attached hydrogen (secondary N) is 1. The first kappa shape index (κ1) is 40.7. The van der Waals surface area contributed by atoms with Crippen LogP contribution < -0.4 is 11.1 Å². The van der Waals surface area contributed by atoms with Crippen LogP contribution in [0.25, 0.3) is 0 Å². The fourth-order valence-electron chi connectivity index (χ4n) is 3.70. The Kier molecular flexibility index (Phi) is 20.2. The van der Waals surface area contributed by atoms with Crippen molar-refractivity contribution in [2.24, 2.45) is 5.73 Å². The first-order valence-corrected chi connectivity index (χ1v) is 12.2. The summed E-state index contributed by atoms with van der Waals surface area (Å²) in [7, 11) is 0. The van der Waals surface area contributed by atoms with E-state index in [0.717, 1.165) is 14.7 Å². The highest BCUT2D eigenvalue weighted by atomic mass is 16.4. The summed E-state index contributed by atoms with van der Waals surface area (Å²) >= 11 is 0. The molecule has 43 heavy (non-hydrogen) atoms. The smallest absolute Gasteiger partial charge is 0.317 e. The number of nitrogens with two attached hydrogens (primary N) is 1. The molecule has 0 atom stereocenters. The Morgan fingerprint density at radius 2 is 0.814 bits per heavy atom. The molecule has 0 rings (SSSR count). The van der Waals surface area contributed by atoms with Gasteiger partial charge in [0.1, 0.15) is 0 Å². The molecule has 246 valence electrons. The van der Waals surface area contributed by atoms with E-state index in [9.17, 15) is 38.4 Å². The minimum atomic E-state index is -1.72. The van der Waals surface area contributed by atoms with Crippen molar-refractivity contribution in [1.29, 1.82) is 0 Å². The SMILES string of the molecule is NCCNCC(CC(=O)O)(CC(=O)O)N(CC(=O)O)CC(=O)O.O=C(O)CN(CCN(CC(=O)O)CC(=O)O)CC(=O)O. The third-order valence-electron chi connectivity index (χ3n) is 5.23. The molecule has 21 nitrogen and oxygen atoms in total. The van der Waals surface area contributed by atoms with Crippen LogP contribution in [0.3, 0.4) is 0 Å². The minimum absolute atomic E-state index is 0.0703. The molecule has 11 N–H and O–H groups in total. The van der Waals surface area contributed by atoms with Gasteiger partial charge in [-0.1, -0.05) is 0 Å². The molecule has 0 fully saturated rings. The maximum Gasteiger partial charge on any atom is 0.317 e. The molecule has 0 spiro atoms. The summed E-state index contributed by atoms with van der Waals surface area (Å²) in [5.74, 6) is -10.5. The second-order valence-electron chi connectivity index (χ2n) is 8.97. The number of rotatable bonds is 24. The van der Waals surface area contributed by atoms with E-state index in [0.29, 0.717) is 0 Å². The van der Waals surface area contributed by atoms with E-state index in [-0.39, 0.29) is 32.7 Å². The van der Waals surface area contributed by atoms with Gasteiger partial charge in [-0.2, -0.15) is 0 Å². The highest BCUT2D eigenvalue weighted by Gasteiger charge is 2.42. The number of aliphatic carboxylic acids is 8. The van der Waals surface area contributed by atoms with E-state index < -0.39 is 105 Å². The van der Waals surface area contributed by atoms with Gasteiger partial charge in [-0.25, -0.2) is 0 Å². The van der Waals surface area contributed by atoms with Gasteiger partial charge in [0, 0.05) is 32.7 Å². The van der Waals surface area contributed by atoms with Crippen LogP contribution >= 0.6 is 0 Å². The summed E-state index contributed by atoms with van der Waals surface area (Å²) < 4.78 is 0. The molecule has 0 aliphatic rings. The predicted octanol–water partition coefficient (Wildman–Crippen LogP) is -4.38. The van der Waals surface area contributed by atoms with Gasteiger partial charge in [-0.15, -0.1) is 0 Å². The largest absolute Gasteiger partial charge is 0.481 e. The molecule has 0 aromatic rings. The maximum atomic E-state index is 11.1. The molecular formula is C22H37N5O16. The van der Waals surface area contributed by atoms with Gasteiger partial charge >= 0.3 is 47.8 Å². The highest BCUT2D eigenvalue weighted by Crippen LogP contribution is 2.24. The zero-order valence-corrected chi connectivity index (χ0v) is 23.0. The van der Waals surface area contributed by atoms with Crippen LogP contribution in [-0.2, 0) is 38.4 Å². The first-order valence-electron chi connectivity index (χ1n) is 12.2. The molecule has 0 bridgehead atoms. The van der Waals surface area contributed by atoms with E-state index in [2.05, 4.69) is 5.32 Å². The van der Waals surface area contributed by atoms with Crippen molar-refractivity contribution >= 4 is 47.8 Å². The molecular weight excluding hydrogens is 590 g/mol. The number of hydrogen-bond acceptors (Lipinski definition) is 13. The molecule has 21 heteroatoms. The van der Waals surface area contributed by atoms with Gasteiger partial charge in [0.2, 0.25) is 0 Å². The molecule has 0 radical (unpaired) electrons. The van der Waals surface area contributed by atoms with Gasteiger partial charge in [-0.3, -0.25) is 53.1 Å². The van der Waals surface area contributed by atoms with Crippen molar-refractivity contribution in [2.45, 2.75) is 18.4 Å². The normalized spacial score (nSPS) is 11.1. The summed E-state index contributed by atoms with van der Waals surface area (Å²) in [6, 6.07) is 0. The fourth-order valence-corrected chi connectivity index (χ4v) is 3.70. The molecule has 0 aliphatic heterocycles. The van der Waals surface area contributed by atoms with Crippen LogP contribution in [0, 0.1) is 0 Å². The van der Waals surface area contributed by atoms with Crippen LogP contribution in [0.1, 0.15) is 12.8 Å². The lowest BCUT2D eigenvalue weighted by atomic mass is 9.88. The minimum Gasteiger partial charge on any atom is -0.481 e. The first-order chi connectivity index (χ1) is 19.8. The molecule has 0 unspecified atom stereocenters. The van der Waals surface area contributed by atoms with Crippen LogP contribution in [0.15, 0.2) is 0 Å². The average molecular weight is 628 g/mol. The van der Waals surface area contributed by atoms with E-state index in [1.807, 2.05) is 0 Å². The van der Waals surface area contributed by atoms with E-state index in [4.69, 9.17) is 46.6 Å². The number of hydrogen-bond donors (Lipinski definition) is 10. The lowest BCUT2D eigenvalue weighted by molar-refractivity contribution is -0.154. The zero-order valence-electron chi connectivity index (χ0n) is 23.0. The van der Waals surface area contributed by atoms with Crippen molar-refractivity contribution in [2.75, 3.05) is 72.0 Å². The summed E-state index contributed by atoms with van der Waals surface area (Å²) in [6.07, 6.45) is -1.48. The van der Waals surface area contributed by atoms with E-state index >= 15 is 0 Å². The quantitative estimate of drug-likeness (QED) is 0.0451. The second kappa shape index (κ2) is 21.3. The van der Waals surface area contributed by atoms with Gasteiger partial charge in [0.05, 0.1) is 57.6 Å². The predicted molar refractivity (Wildman–Crippen MR) is 139 cm³/mol. The Morgan fingerprint density at radius 1 is 0.512 bits per heavy atom. The van der Waals surface area contributed by atoms with Crippen LogP contribution in [0.2, 0.25) is 0 Å². The van der Waals surface area contributed by atoms with E-state index in [1.54, 1.807) is 0 Å². The Labute approximate surface area is 243 Å². The van der Waals surface area contributed by atoms with Crippen molar-refractivity contribution in [1.82, 2.24) is 20.0 Å². The van der Waals surface area contributed by atoms with Crippen LogP contribution in [-0.4, -0.2) is 181 Å². The van der Waals surface area contributed by atoms with Gasteiger partial charge in [0.25, 0.3) is 0 Å². The van der Waals surface area contributed by atoms with Crippen molar-refractivity contribution in [3.8, 4) is 0 Å². The molecule has 0 aromatic carbocycles. The van der Waals surface area contributed by atoms with Crippen LogP contribution in [0.5, 0.6) is 0 Å². The number of carbonyl (C=O) groups is 8. The monoisotopic (exact) mass is 627 g/mol. The fraction of sp³-hybridized carbons (Fsp3) is 0.636. The highest BCUT2D eigenvalue weighted by molar-refractivity contribution is 5.76. The summed E-state index contributed by atoms with van der Waals surface area (Å²) in [6.45, 7) is -3.68. The van der Waals surface area contributed by atoms with Crippen LogP contribution in [0.4, 0.5) is 0 Å². The van der Waals surface area contributed by atoms with Crippen molar-refractivity contribution < 1.29 is 79.2 Å². The molecule has 0 aliphatic carbocycles. The Bertz CT molecular complexity index is 891. The Balaban J connectivity index is 0. The molecule has 0 amide bonds. The standard InChI is InChI=1S/C12H21N3O8.C10H16N2O8/c13-1-2-14-7-12(3-8(16)17,4-9(18)19)15(5-10(20)21)6-11(22)23;13-7(14)3-11(4-8(15)16)1-2-12(5-9(17)18)6-10(19)20/h14H,1-7,13H2,(H,16,17)(H,18,19)(H,20,21)(H,22,23);1-6H2,(H,13,14)(H,15,16)(H,17,18)(H,19,20). The summed E-state index contributed by atoms with van der Waals surface area (Å²) in [4.78, 5) is 89.4. The van der Waals surface area contributed by atoms with Crippen molar-refractivity contribution in [3.63, 3.8) is 0 Å². The lowest BCUT2D eigenvalue weighted by Gasteiger charge is -2.41. The van der Waals surface area contributed by atoms with Gasteiger partial charge in [0.15, 0.2) is 0 Å². The Morgan fingerprint density at radius 3 is 1.05 bits per heavy atom. The number of nitrogens with zero attached hydrogens (tertiary/aromatic N) is 3. The average Bonchev–Trinajstić information content (AvgIpc) is 2.79. The van der Waals surface area contributed by atoms with Gasteiger partial charge < -0.3 is 51.9 Å². The number of carboxylic acid groups (broad SMARTS) is 8. The molecule has 0 saturated heterocycles. The van der Waals surface area contributed by atoms with E-state index in [1.165, 1.54) is 0 Å². The zero-order chi connectivity index (χ0) is 33.8. The second-order valence-corrected chi connectivity index (χ2v) is 8.97. The topological polar surface area (TPSA) is 346 Å². The lowest BCUT2D eigenvalue weighted by Crippen LogP contribution is -2.60. The van der Waals surface area contributed by atoms with Gasteiger partial charge in [-0.05, 0) is 0 Å². The molecule has 0 heterocycles. The third-order valence-corrected chi connectivity index (χ3v) is 5.23. The maximum absolute atomic E-state index is 11.1. The molecule has 0 aromatic heterocycles. The number of carboxylic acids is 8. The molecule has 0 saturated carbocycles. The summed E-state index contributed by atoms with van der Waals surface area (Å²) in [5.41, 5.74) is 3.58.